The highest BCUT2D eigenvalue weighted by Gasteiger charge is 2.19. The van der Waals surface area contributed by atoms with Crippen molar-refractivity contribution in [3.05, 3.63) is 76.5 Å². The van der Waals surface area contributed by atoms with Crippen LogP contribution in [0.2, 0.25) is 0 Å². The highest BCUT2D eigenvalue weighted by atomic mass is 32.2. The van der Waals surface area contributed by atoms with Crippen LogP contribution in [0, 0.1) is 27.7 Å². The molecule has 0 bridgehead atoms. The van der Waals surface area contributed by atoms with Crippen molar-refractivity contribution in [3.8, 4) is 0 Å². The molecule has 2 aromatic heterocycles. The molecular formula is C22H24N4OS. The molecule has 3 heterocycles. The molecule has 0 fully saturated rings. The van der Waals surface area contributed by atoms with Crippen LogP contribution in [-0.2, 0) is 6.54 Å². The Morgan fingerprint density at radius 3 is 2.75 bits per heavy atom. The van der Waals surface area contributed by atoms with Crippen LogP contribution >= 0.6 is 11.8 Å². The Labute approximate surface area is 169 Å². The number of aromatic nitrogens is 1. The van der Waals surface area contributed by atoms with Crippen molar-refractivity contribution in [2.24, 2.45) is 10.1 Å². The number of hydrazone groups is 1. The number of furan rings is 1. The van der Waals surface area contributed by atoms with Gasteiger partial charge < -0.3 is 8.98 Å². The van der Waals surface area contributed by atoms with E-state index in [9.17, 15) is 0 Å². The van der Waals surface area contributed by atoms with Gasteiger partial charge in [-0.2, -0.15) is 5.10 Å². The first-order chi connectivity index (χ1) is 13.5. The van der Waals surface area contributed by atoms with Crippen molar-refractivity contribution >= 4 is 28.3 Å². The molecule has 1 aliphatic heterocycles. The number of nitrogens with one attached hydrogen (secondary N) is 1. The van der Waals surface area contributed by atoms with E-state index in [1.54, 1.807) is 18.0 Å². The summed E-state index contributed by atoms with van der Waals surface area (Å²) in [5.74, 6) is 1.75. The third kappa shape index (κ3) is 3.64. The highest BCUT2D eigenvalue weighted by molar-refractivity contribution is 8.14. The quantitative estimate of drug-likeness (QED) is 0.673. The predicted molar refractivity (Wildman–Crippen MR) is 117 cm³/mol. The fourth-order valence-electron chi connectivity index (χ4n) is 3.37. The van der Waals surface area contributed by atoms with Crippen molar-refractivity contribution < 1.29 is 4.42 Å². The zero-order valence-corrected chi connectivity index (χ0v) is 17.4. The maximum Gasteiger partial charge on any atom is 0.182 e. The van der Waals surface area contributed by atoms with Gasteiger partial charge in [-0.05, 0) is 63.1 Å². The number of rotatable bonds is 4. The molecule has 3 aromatic rings. The van der Waals surface area contributed by atoms with Gasteiger partial charge in [0.15, 0.2) is 5.17 Å². The van der Waals surface area contributed by atoms with Gasteiger partial charge in [-0.15, -0.1) is 0 Å². The molecule has 1 aromatic carbocycles. The molecule has 0 spiro atoms. The summed E-state index contributed by atoms with van der Waals surface area (Å²) in [6, 6.07) is 12.3. The number of hydrogen-bond donors (Lipinski definition) is 1. The van der Waals surface area contributed by atoms with Crippen LogP contribution < -0.4 is 5.43 Å². The van der Waals surface area contributed by atoms with E-state index in [0.717, 1.165) is 34.6 Å². The topological polar surface area (TPSA) is 54.8 Å². The lowest BCUT2D eigenvalue weighted by atomic mass is 10.1. The lowest BCUT2D eigenvalue weighted by molar-refractivity contribution is 0.489. The summed E-state index contributed by atoms with van der Waals surface area (Å²) in [4.78, 5) is 4.75. The van der Waals surface area contributed by atoms with E-state index < -0.39 is 0 Å². The van der Waals surface area contributed by atoms with E-state index in [4.69, 9.17) is 9.41 Å². The number of nitrogens with zero attached hydrogens (tertiary/aromatic N) is 3. The molecule has 0 saturated carbocycles. The number of aliphatic imine (C=N–C) groups is 1. The number of thioether (sulfide) groups is 1. The van der Waals surface area contributed by atoms with Gasteiger partial charge in [-0.25, -0.2) is 4.99 Å². The first-order valence-electron chi connectivity index (χ1n) is 9.32. The average Bonchev–Trinajstić information content (AvgIpc) is 3.30. The van der Waals surface area contributed by atoms with Gasteiger partial charge in [0, 0.05) is 22.7 Å². The zero-order chi connectivity index (χ0) is 19.7. The number of amidine groups is 1. The Balaban J connectivity index is 1.56. The number of benzene rings is 1. The standard InChI is InChI=1S/C22H24N4OS/c1-14-7-5-9-20(16(14)3)23-22-25-24-21(13-28-22)19-11-15(2)26(17(19)4)12-18-8-6-10-27-18/h5-11H,12-13H2,1-4H3,(H,23,25). The van der Waals surface area contributed by atoms with Gasteiger partial charge in [-0.3, -0.25) is 5.43 Å². The molecule has 0 aliphatic carbocycles. The molecule has 28 heavy (non-hydrogen) atoms. The lowest BCUT2D eigenvalue weighted by Gasteiger charge is -2.16. The van der Waals surface area contributed by atoms with Gasteiger partial charge in [-0.1, -0.05) is 23.9 Å². The molecule has 144 valence electrons. The Morgan fingerprint density at radius 2 is 2.04 bits per heavy atom. The molecule has 1 N–H and O–H groups in total. The second-order valence-corrected chi connectivity index (χ2v) is 8.01. The van der Waals surface area contributed by atoms with Gasteiger partial charge in [0.25, 0.3) is 0 Å². The van der Waals surface area contributed by atoms with Crippen LogP contribution in [0.5, 0.6) is 0 Å². The second kappa shape index (κ2) is 7.72. The summed E-state index contributed by atoms with van der Waals surface area (Å²) in [5.41, 5.74) is 11.2. The molecule has 0 amide bonds. The third-order valence-corrected chi connectivity index (χ3v) is 6.08. The summed E-state index contributed by atoms with van der Waals surface area (Å²) < 4.78 is 7.77. The van der Waals surface area contributed by atoms with Crippen LogP contribution in [-0.4, -0.2) is 21.2 Å². The second-order valence-electron chi connectivity index (χ2n) is 7.05. The minimum atomic E-state index is 0.734. The molecule has 0 unspecified atom stereocenters. The highest BCUT2D eigenvalue weighted by Crippen LogP contribution is 2.25. The van der Waals surface area contributed by atoms with Crippen LogP contribution in [0.1, 0.15) is 33.8 Å². The Hall–Kier alpha value is -2.73. The van der Waals surface area contributed by atoms with Crippen LogP contribution in [0.3, 0.4) is 0 Å². The minimum absolute atomic E-state index is 0.734. The molecule has 0 radical (unpaired) electrons. The summed E-state index contributed by atoms with van der Waals surface area (Å²) in [6.45, 7) is 9.20. The zero-order valence-electron chi connectivity index (χ0n) is 16.6. The first kappa shape index (κ1) is 18.6. The Morgan fingerprint density at radius 1 is 1.18 bits per heavy atom. The molecule has 5 nitrogen and oxygen atoms in total. The largest absolute Gasteiger partial charge is 0.467 e. The first-order valence-corrected chi connectivity index (χ1v) is 10.3. The molecular weight excluding hydrogens is 368 g/mol. The fraction of sp³-hybridized carbons (Fsp3) is 0.273. The summed E-state index contributed by atoms with van der Waals surface area (Å²) in [5, 5.41) is 5.46. The van der Waals surface area contributed by atoms with E-state index in [0.29, 0.717) is 0 Å². The van der Waals surface area contributed by atoms with Crippen LogP contribution in [0.15, 0.2) is 57.2 Å². The van der Waals surface area contributed by atoms with E-state index in [1.807, 2.05) is 24.3 Å². The van der Waals surface area contributed by atoms with Gasteiger partial charge in [0.1, 0.15) is 5.76 Å². The molecule has 1 aliphatic rings. The summed E-state index contributed by atoms with van der Waals surface area (Å²) in [6.07, 6.45) is 1.72. The van der Waals surface area contributed by atoms with Crippen molar-refractivity contribution in [2.75, 3.05) is 5.75 Å². The Bertz CT molecular complexity index is 1060. The lowest BCUT2D eigenvalue weighted by Crippen LogP contribution is -2.25. The van der Waals surface area contributed by atoms with Crippen molar-refractivity contribution in [1.29, 1.82) is 0 Å². The van der Waals surface area contributed by atoms with Crippen molar-refractivity contribution in [1.82, 2.24) is 9.99 Å². The van der Waals surface area contributed by atoms with E-state index in [-0.39, 0.29) is 0 Å². The summed E-state index contributed by atoms with van der Waals surface area (Å²) >= 11 is 1.69. The van der Waals surface area contributed by atoms with E-state index >= 15 is 0 Å². The number of aryl methyl sites for hydroxylation is 2. The summed E-state index contributed by atoms with van der Waals surface area (Å²) in [7, 11) is 0. The molecule has 6 heteroatoms. The minimum Gasteiger partial charge on any atom is -0.467 e. The molecule has 0 atom stereocenters. The number of hydrogen-bond acceptors (Lipinski definition) is 4. The normalized spacial score (nSPS) is 15.6. The van der Waals surface area contributed by atoms with Crippen LogP contribution in [0.25, 0.3) is 0 Å². The van der Waals surface area contributed by atoms with E-state index in [2.05, 4.69) is 54.9 Å². The monoisotopic (exact) mass is 392 g/mol. The SMILES string of the molecule is Cc1cccc(N=C2NN=C(c3cc(C)n(Cc4ccco4)c3C)CS2)c1C. The smallest absolute Gasteiger partial charge is 0.182 e. The molecule has 0 saturated heterocycles. The Kier molecular flexibility index (Phi) is 5.13. The van der Waals surface area contributed by atoms with Gasteiger partial charge >= 0.3 is 0 Å². The fourth-order valence-corrected chi connectivity index (χ4v) is 4.14. The average molecular weight is 393 g/mol. The van der Waals surface area contributed by atoms with Crippen molar-refractivity contribution in [2.45, 2.75) is 34.2 Å². The van der Waals surface area contributed by atoms with E-state index in [1.165, 1.54) is 28.1 Å². The van der Waals surface area contributed by atoms with Crippen molar-refractivity contribution in [3.63, 3.8) is 0 Å². The van der Waals surface area contributed by atoms with Gasteiger partial charge in [0.05, 0.1) is 24.2 Å². The maximum atomic E-state index is 5.51. The third-order valence-electron chi connectivity index (χ3n) is 5.21. The van der Waals surface area contributed by atoms with Gasteiger partial charge in [0.2, 0.25) is 0 Å². The maximum absolute atomic E-state index is 5.51. The molecule has 4 rings (SSSR count). The van der Waals surface area contributed by atoms with Crippen LogP contribution in [0.4, 0.5) is 5.69 Å². The predicted octanol–water partition coefficient (Wildman–Crippen LogP) is 5.09.